The summed E-state index contributed by atoms with van der Waals surface area (Å²) in [6.45, 7) is 0.821. The van der Waals surface area contributed by atoms with E-state index in [1.807, 2.05) is 17.8 Å². The summed E-state index contributed by atoms with van der Waals surface area (Å²) in [5, 5.41) is 12.1. The van der Waals surface area contributed by atoms with Crippen LogP contribution in [0.3, 0.4) is 0 Å². The van der Waals surface area contributed by atoms with Gasteiger partial charge in [0.2, 0.25) is 0 Å². The van der Waals surface area contributed by atoms with Gasteiger partial charge in [-0.2, -0.15) is 11.8 Å². The monoisotopic (exact) mass is 268 g/mol. The number of carbonyl (C=O) groups is 1. The number of anilines is 2. The van der Waals surface area contributed by atoms with Gasteiger partial charge in [0, 0.05) is 6.54 Å². The Kier molecular flexibility index (Phi) is 6.43. The molecule has 0 aliphatic rings. The van der Waals surface area contributed by atoms with Crippen molar-refractivity contribution >= 4 is 29.1 Å². The summed E-state index contributed by atoms with van der Waals surface area (Å²) < 4.78 is 0. The number of rotatable bonds is 8. The number of thioether (sulfide) groups is 1. The van der Waals surface area contributed by atoms with Crippen LogP contribution in [-0.2, 0) is 0 Å². The number of unbranched alkanes of at least 4 members (excludes halogenated alkanes) is 2. The molecule has 0 atom stereocenters. The lowest BCUT2D eigenvalue weighted by atomic mass is 10.1. The zero-order valence-corrected chi connectivity index (χ0v) is 11.4. The number of nitrogens with two attached hydrogens (primary N) is 1. The van der Waals surface area contributed by atoms with Gasteiger partial charge < -0.3 is 16.2 Å². The number of hydrogen-bond donors (Lipinski definition) is 3. The Bertz CT molecular complexity index is 397. The van der Waals surface area contributed by atoms with E-state index in [0.29, 0.717) is 11.4 Å². The van der Waals surface area contributed by atoms with E-state index < -0.39 is 5.97 Å². The van der Waals surface area contributed by atoms with Crippen molar-refractivity contribution < 1.29 is 9.90 Å². The molecular weight excluding hydrogens is 248 g/mol. The largest absolute Gasteiger partial charge is 0.478 e. The van der Waals surface area contributed by atoms with Crippen LogP contribution >= 0.6 is 11.8 Å². The first-order valence-corrected chi connectivity index (χ1v) is 7.40. The Morgan fingerprint density at radius 2 is 2.17 bits per heavy atom. The van der Waals surface area contributed by atoms with Crippen molar-refractivity contribution in [2.75, 3.05) is 29.6 Å². The number of benzene rings is 1. The molecule has 0 spiro atoms. The molecule has 1 rings (SSSR count). The molecule has 1 aromatic rings. The molecule has 100 valence electrons. The van der Waals surface area contributed by atoms with Gasteiger partial charge in [0.15, 0.2) is 0 Å². The predicted octanol–water partition coefficient (Wildman–Crippen LogP) is 2.91. The van der Waals surface area contributed by atoms with Gasteiger partial charge in [0.1, 0.15) is 0 Å². The Labute approximate surface area is 112 Å². The van der Waals surface area contributed by atoms with E-state index in [2.05, 4.69) is 11.6 Å². The van der Waals surface area contributed by atoms with Gasteiger partial charge in [0.25, 0.3) is 0 Å². The molecule has 1 aromatic carbocycles. The fourth-order valence-corrected chi connectivity index (χ4v) is 2.17. The molecule has 0 heterocycles. The van der Waals surface area contributed by atoms with E-state index in [1.54, 1.807) is 6.07 Å². The van der Waals surface area contributed by atoms with Crippen molar-refractivity contribution in [3.05, 3.63) is 23.8 Å². The Hall–Kier alpha value is -1.36. The van der Waals surface area contributed by atoms with Gasteiger partial charge in [-0.15, -0.1) is 0 Å². The first-order valence-electron chi connectivity index (χ1n) is 6.01. The molecule has 0 saturated heterocycles. The molecule has 0 unspecified atom stereocenters. The maximum atomic E-state index is 10.9. The van der Waals surface area contributed by atoms with Crippen LogP contribution in [-0.4, -0.2) is 29.6 Å². The lowest BCUT2D eigenvalue weighted by molar-refractivity contribution is 0.0698. The second-order valence-corrected chi connectivity index (χ2v) is 5.04. The zero-order valence-electron chi connectivity index (χ0n) is 10.6. The second-order valence-electron chi connectivity index (χ2n) is 4.05. The van der Waals surface area contributed by atoms with Gasteiger partial charge in [-0.3, -0.25) is 0 Å². The Morgan fingerprint density at radius 1 is 1.39 bits per heavy atom. The van der Waals surface area contributed by atoms with Crippen LogP contribution in [0.5, 0.6) is 0 Å². The van der Waals surface area contributed by atoms with Crippen molar-refractivity contribution in [2.45, 2.75) is 19.3 Å². The molecule has 5 heteroatoms. The zero-order chi connectivity index (χ0) is 13.4. The molecule has 4 nitrogen and oxygen atoms in total. The van der Waals surface area contributed by atoms with Crippen LogP contribution in [0, 0.1) is 0 Å². The highest BCUT2D eigenvalue weighted by Gasteiger charge is 2.10. The number of hydrogen-bond acceptors (Lipinski definition) is 4. The number of nitrogen functional groups attached to an aromatic ring is 1. The quantitative estimate of drug-likeness (QED) is 0.499. The van der Waals surface area contributed by atoms with Crippen LogP contribution in [0.25, 0.3) is 0 Å². The predicted molar refractivity (Wildman–Crippen MR) is 78.5 cm³/mol. The van der Waals surface area contributed by atoms with Crippen molar-refractivity contribution in [3.8, 4) is 0 Å². The van der Waals surface area contributed by atoms with E-state index in [-0.39, 0.29) is 5.56 Å². The normalized spacial score (nSPS) is 10.3. The third kappa shape index (κ3) is 4.49. The van der Waals surface area contributed by atoms with Gasteiger partial charge in [-0.1, -0.05) is 12.5 Å². The number of carboxylic acids is 1. The Morgan fingerprint density at radius 3 is 2.83 bits per heavy atom. The highest BCUT2D eigenvalue weighted by atomic mass is 32.2. The standard InChI is InChI=1S/C13H20N2O2S/c1-18-9-4-2-3-8-15-11-7-5-6-10(12(11)14)13(16)17/h5-7,15H,2-4,8-9,14H2,1H3,(H,16,17). The summed E-state index contributed by atoms with van der Waals surface area (Å²) in [4.78, 5) is 10.9. The first kappa shape index (κ1) is 14.7. The minimum absolute atomic E-state index is 0.155. The molecule has 0 aromatic heterocycles. The fourth-order valence-electron chi connectivity index (χ4n) is 1.68. The van der Waals surface area contributed by atoms with Crippen molar-refractivity contribution in [1.29, 1.82) is 0 Å². The van der Waals surface area contributed by atoms with Crippen molar-refractivity contribution in [2.24, 2.45) is 0 Å². The van der Waals surface area contributed by atoms with E-state index in [0.717, 1.165) is 13.0 Å². The number of aromatic carboxylic acids is 1. The third-order valence-corrected chi connectivity index (χ3v) is 3.37. The molecular formula is C13H20N2O2S. The molecule has 0 aliphatic heterocycles. The van der Waals surface area contributed by atoms with Gasteiger partial charge in [0.05, 0.1) is 16.9 Å². The summed E-state index contributed by atoms with van der Waals surface area (Å²) in [6, 6.07) is 5.03. The Balaban J connectivity index is 2.43. The summed E-state index contributed by atoms with van der Waals surface area (Å²) in [5.41, 5.74) is 6.98. The number of para-hydroxylation sites is 1. The summed E-state index contributed by atoms with van der Waals surface area (Å²) in [7, 11) is 0. The topological polar surface area (TPSA) is 75.3 Å². The second kappa shape index (κ2) is 7.87. The third-order valence-electron chi connectivity index (χ3n) is 2.68. The average molecular weight is 268 g/mol. The van der Waals surface area contributed by atoms with Crippen LogP contribution in [0.15, 0.2) is 18.2 Å². The maximum Gasteiger partial charge on any atom is 0.337 e. The minimum atomic E-state index is -0.990. The van der Waals surface area contributed by atoms with E-state index >= 15 is 0 Å². The summed E-state index contributed by atoms with van der Waals surface area (Å²) in [6.07, 6.45) is 5.56. The molecule has 4 N–H and O–H groups in total. The number of carboxylic acid groups (broad SMARTS) is 1. The van der Waals surface area contributed by atoms with Crippen LogP contribution in [0.2, 0.25) is 0 Å². The minimum Gasteiger partial charge on any atom is -0.478 e. The smallest absolute Gasteiger partial charge is 0.337 e. The van der Waals surface area contributed by atoms with Crippen LogP contribution in [0.1, 0.15) is 29.6 Å². The lowest BCUT2D eigenvalue weighted by Crippen LogP contribution is -2.08. The molecule has 0 fully saturated rings. The van der Waals surface area contributed by atoms with Gasteiger partial charge in [-0.05, 0) is 37.0 Å². The molecule has 0 bridgehead atoms. The first-order chi connectivity index (χ1) is 8.66. The SMILES string of the molecule is CSCCCCCNc1cccc(C(=O)O)c1N. The highest BCUT2D eigenvalue weighted by Crippen LogP contribution is 2.22. The van der Waals surface area contributed by atoms with Crippen molar-refractivity contribution in [1.82, 2.24) is 0 Å². The van der Waals surface area contributed by atoms with Crippen LogP contribution < -0.4 is 11.1 Å². The van der Waals surface area contributed by atoms with E-state index in [4.69, 9.17) is 10.8 Å². The molecule has 0 radical (unpaired) electrons. The molecule has 0 saturated carbocycles. The van der Waals surface area contributed by atoms with Crippen molar-refractivity contribution in [3.63, 3.8) is 0 Å². The molecule has 0 aliphatic carbocycles. The van der Waals surface area contributed by atoms with E-state index in [9.17, 15) is 4.79 Å². The van der Waals surface area contributed by atoms with Gasteiger partial charge in [-0.25, -0.2) is 4.79 Å². The summed E-state index contributed by atoms with van der Waals surface area (Å²) in [5.74, 6) is 0.201. The lowest BCUT2D eigenvalue weighted by Gasteiger charge is -2.10. The van der Waals surface area contributed by atoms with Gasteiger partial charge >= 0.3 is 5.97 Å². The average Bonchev–Trinajstić information content (AvgIpc) is 2.35. The fraction of sp³-hybridized carbons (Fsp3) is 0.462. The highest BCUT2D eigenvalue weighted by molar-refractivity contribution is 7.98. The molecule has 18 heavy (non-hydrogen) atoms. The maximum absolute atomic E-state index is 10.9. The molecule has 0 amide bonds. The number of nitrogens with one attached hydrogen (secondary N) is 1. The summed E-state index contributed by atoms with van der Waals surface area (Å²) >= 11 is 1.86. The van der Waals surface area contributed by atoms with Crippen LogP contribution in [0.4, 0.5) is 11.4 Å². The van der Waals surface area contributed by atoms with E-state index in [1.165, 1.54) is 24.7 Å².